The first kappa shape index (κ1) is 14.8. The molecular formula is C14H17F3N2O. The lowest BCUT2D eigenvalue weighted by molar-refractivity contribution is -0.137. The molecule has 0 spiro atoms. The molecule has 0 atom stereocenters. The van der Waals surface area contributed by atoms with E-state index in [2.05, 4.69) is 4.90 Å². The van der Waals surface area contributed by atoms with Gasteiger partial charge in [-0.15, -0.1) is 0 Å². The van der Waals surface area contributed by atoms with E-state index in [-0.39, 0.29) is 5.91 Å². The zero-order valence-electron chi connectivity index (χ0n) is 11.3. The van der Waals surface area contributed by atoms with Gasteiger partial charge in [0.05, 0.1) is 5.56 Å². The Hall–Kier alpha value is -1.56. The Morgan fingerprint density at radius 3 is 2.40 bits per heavy atom. The molecule has 2 rings (SSSR count). The molecule has 1 aliphatic rings. The van der Waals surface area contributed by atoms with Crippen LogP contribution in [0.1, 0.15) is 18.1 Å². The molecule has 3 nitrogen and oxygen atoms in total. The molecule has 1 fully saturated rings. The molecule has 110 valence electrons. The second kappa shape index (κ2) is 5.83. The Kier molecular flexibility index (Phi) is 4.32. The van der Waals surface area contributed by atoms with Crippen molar-refractivity contribution in [2.45, 2.75) is 19.6 Å². The number of nitrogens with zero attached hydrogens (tertiary/aromatic N) is 2. The van der Waals surface area contributed by atoms with E-state index in [4.69, 9.17) is 0 Å². The van der Waals surface area contributed by atoms with Gasteiger partial charge in [0.25, 0.3) is 0 Å². The van der Waals surface area contributed by atoms with E-state index in [0.29, 0.717) is 38.3 Å². The van der Waals surface area contributed by atoms with E-state index in [0.717, 1.165) is 6.07 Å². The normalized spacial score (nSPS) is 17.3. The summed E-state index contributed by atoms with van der Waals surface area (Å²) in [5.41, 5.74) is 0.0356. The fourth-order valence-corrected chi connectivity index (χ4v) is 2.33. The van der Waals surface area contributed by atoms with E-state index in [9.17, 15) is 18.0 Å². The third-order valence-corrected chi connectivity index (χ3v) is 3.48. The molecule has 0 unspecified atom stereocenters. The summed E-state index contributed by atoms with van der Waals surface area (Å²) in [6, 6.07) is 5.41. The van der Waals surface area contributed by atoms with Crippen LogP contribution in [-0.4, -0.2) is 41.9 Å². The van der Waals surface area contributed by atoms with Crippen molar-refractivity contribution < 1.29 is 18.0 Å². The van der Waals surface area contributed by atoms with Crippen LogP contribution in [0.5, 0.6) is 0 Å². The number of amides is 1. The Bertz CT molecular complexity index is 480. The maximum Gasteiger partial charge on any atom is 0.416 e. The summed E-state index contributed by atoms with van der Waals surface area (Å²) in [6.45, 7) is 4.66. The summed E-state index contributed by atoms with van der Waals surface area (Å²) in [5, 5.41) is 0. The molecule has 0 aromatic heterocycles. The SMILES string of the molecule is CC(=O)N1CCN(Cc2cccc(C(F)(F)F)c2)CC1. The van der Waals surface area contributed by atoms with Crippen LogP contribution in [0.2, 0.25) is 0 Å². The number of halogens is 3. The highest BCUT2D eigenvalue weighted by molar-refractivity contribution is 5.73. The minimum absolute atomic E-state index is 0.0451. The molecule has 20 heavy (non-hydrogen) atoms. The van der Waals surface area contributed by atoms with Gasteiger partial charge in [-0.25, -0.2) is 0 Å². The van der Waals surface area contributed by atoms with Crippen molar-refractivity contribution in [2.24, 2.45) is 0 Å². The van der Waals surface area contributed by atoms with E-state index in [1.54, 1.807) is 11.0 Å². The van der Waals surface area contributed by atoms with Crippen molar-refractivity contribution in [2.75, 3.05) is 26.2 Å². The van der Waals surface area contributed by atoms with E-state index >= 15 is 0 Å². The predicted molar refractivity (Wildman–Crippen MR) is 69.0 cm³/mol. The molecular weight excluding hydrogens is 269 g/mol. The minimum atomic E-state index is -4.30. The molecule has 1 amide bonds. The maximum atomic E-state index is 12.6. The number of hydrogen-bond acceptors (Lipinski definition) is 2. The average Bonchev–Trinajstić information content (AvgIpc) is 2.38. The summed E-state index contributed by atoms with van der Waals surface area (Å²) in [5.74, 6) is 0.0451. The zero-order valence-corrected chi connectivity index (χ0v) is 11.3. The molecule has 6 heteroatoms. The highest BCUT2D eigenvalue weighted by Crippen LogP contribution is 2.29. The van der Waals surface area contributed by atoms with Gasteiger partial charge in [-0.1, -0.05) is 18.2 Å². The molecule has 0 radical (unpaired) electrons. The minimum Gasteiger partial charge on any atom is -0.340 e. The summed E-state index contributed by atoms with van der Waals surface area (Å²) in [7, 11) is 0. The maximum absolute atomic E-state index is 12.6. The topological polar surface area (TPSA) is 23.6 Å². The fraction of sp³-hybridized carbons (Fsp3) is 0.500. The van der Waals surface area contributed by atoms with Crippen LogP contribution < -0.4 is 0 Å². The molecule has 0 bridgehead atoms. The van der Waals surface area contributed by atoms with Crippen molar-refractivity contribution in [1.29, 1.82) is 0 Å². The van der Waals surface area contributed by atoms with Gasteiger partial charge in [0.15, 0.2) is 0 Å². The van der Waals surface area contributed by atoms with Crippen LogP contribution in [0.4, 0.5) is 13.2 Å². The Morgan fingerprint density at radius 2 is 1.85 bits per heavy atom. The second-order valence-electron chi connectivity index (χ2n) is 4.98. The quantitative estimate of drug-likeness (QED) is 0.833. The smallest absolute Gasteiger partial charge is 0.340 e. The second-order valence-corrected chi connectivity index (χ2v) is 4.98. The van der Waals surface area contributed by atoms with Crippen molar-refractivity contribution >= 4 is 5.91 Å². The monoisotopic (exact) mass is 286 g/mol. The Balaban J connectivity index is 1.96. The summed E-state index contributed by atoms with van der Waals surface area (Å²) >= 11 is 0. The molecule has 0 N–H and O–H groups in total. The number of carbonyl (C=O) groups excluding carboxylic acids is 1. The van der Waals surface area contributed by atoms with Crippen LogP contribution in [0.3, 0.4) is 0 Å². The van der Waals surface area contributed by atoms with Crippen molar-refractivity contribution in [1.82, 2.24) is 9.80 Å². The van der Waals surface area contributed by atoms with Crippen LogP contribution in [0.25, 0.3) is 0 Å². The van der Waals surface area contributed by atoms with Crippen LogP contribution in [0, 0.1) is 0 Å². The number of benzene rings is 1. The number of alkyl halides is 3. The van der Waals surface area contributed by atoms with Gasteiger partial charge in [0, 0.05) is 39.6 Å². The average molecular weight is 286 g/mol. The largest absolute Gasteiger partial charge is 0.416 e. The molecule has 0 saturated carbocycles. The first-order chi connectivity index (χ1) is 9.36. The fourth-order valence-electron chi connectivity index (χ4n) is 2.33. The predicted octanol–water partition coefficient (Wildman–Crippen LogP) is 2.37. The first-order valence-corrected chi connectivity index (χ1v) is 6.50. The lowest BCUT2D eigenvalue weighted by Gasteiger charge is -2.34. The van der Waals surface area contributed by atoms with Crippen LogP contribution in [-0.2, 0) is 17.5 Å². The van der Waals surface area contributed by atoms with E-state index < -0.39 is 11.7 Å². The third kappa shape index (κ3) is 3.72. The zero-order chi connectivity index (χ0) is 14.8. The highest BCUT2D eigenvalue weighted by Gasteiger charge is 2.30. The van der Waals surface area contributed by atoms with Gasteiger partial charge in [-0.2, -0.15) is 13.2 Å². The number of piperazine rings is 1. The van der Waals surface area contributed by atoms with Gasteiger partial charge in [0.1, 0.15) is 0 Å². The Morgan fingerprint density at radius 1 is 1.20 bits per heavy atom. The first-order valence-electron chi connectivity index (χ1n) is 6.50. The standard InChI is InChI=1S/C14H17F3N2O/c1-11(20)19-7-5-18(6-8-19)10-12-3-2-4-13(9-12)14(15,16)17/h2-4,9H,5-8,10H2,1H3. The summed E-state index contributed by atoms with van der Waals surface area (Å²) in [6.07, 6.45) is -4.30. The van der Waals surface area contributed by atoms with Gasteiger partial charge in [-0.3, -0.25) is 9.69 Å². The summed E-state index contributed by atoms with van der Waals surface area (Å²) in [4.78, 5) is 15.0. The molecule has 1 heterocycles. The van der Waals surface area contributed by atoms with Crippen molar-refractivity contribution in [3.05, 3.63) is 35.4 Å². The van der Waals surface area contributed by atoms with Gasteiger partial charge < -0.3 is 4.90 Å². The molecule has 1 saturated heterocycles. The highest BCUT2D eigenvalue weighted by atomic mass is 19.4. The lowest BCUT2D eigenvalue weighted by Crippen LogP contribution is -2.47. The number of rotatable bonds is 2. The lowest BCUT2D eigenvalue weighted by atomic mass is 10.1. The van der Waals surface area contributed by atoms with Crippen LogP contribution in [0.15, 0.2) is 24.3 Å². The van der Waals surface area contributed by atoms with E-state index in [1.807, 2.05) is 0 Å². The molecule has 1 aliphatic heterocycles. The van der Waals surface area contributed by atoms with Gasteiger partial charge in [0.2, 0.25) is 5.91 Å². The van der Waals surface area contributed by atoms with Crippen molar-refractivity contribution in [3.63, 3.8) is 0 Å². The molecule has 1 aromatic carbocycles. The Labute approximate surface area is 116 Å². The van der Waals surface area contributed by atoms with Crippen molar-refractivity contribution in [3.8, 4) is 0 Å². The number of carbonyl (C=O) groups is 1. The van der Waals surface area contributed by atoms with Gasteiger partial charge >= 0.3 is 6.18 Å². The van der Waals surface area contributed by atoms with Crippen LogP contribution >= 0.6 is 0 Å². The van der Waals surface area contributed by atoms with E-state index in [1.165, 1.54) is 19.1 Å². The molecule has 1 aromatic rings. The summed E-state index contributed by atoms with van der Waals surface area (Å²) < 4.78 is 37.9. The van der Waals surface area contributed by atoms with Gasteiger partial charge in [-0.05, 0) is 11.6 Å². The number of hydrogen-bond donors (Lipinski definition) is 0. The molecule has 0 aliphatic carbocycles. The third-order valence-electron chi connectivity index (χ3n) is 3.48.